The van der Waals surface area contributed by atoms with E-state index < -0.39 is 0 Å². The summed E-state index contributed by atoms with van der Waals surface area (Å²) in [6.07, 6.45) is 3.55. The molecule has 0 radical (unpaired) electrons. The predicted molar refractivity (Wildman–Crippen MR) is 101 cm³/mol. The molecule has 1 aromatic heterocycles. The first-order valence-electron chi connectivity index (χ1n) is 8.82. The minimum atomic E-state index is -0.208. The predicted octanol–water partition coefficient (Wildman–Crippen LogP) is 1.78. The topological polar surface area (TPSA) is 65.5 Å². The van der Waals surface area contributed by atoms with Gasteiger partial charge in [-0.15, -0.1) is 0 Å². The Morgan fingerprint density at radius 2 is 1.62 bits per heavy atom. The monoisotopic (exact) mass is 352 g/mol. The Kier molecular flexibility index (Phi) is 5.51. The summed E-state index contributed by atoms with van der Waals surface area (Å²) >= 11 is 0. The fourth-order valence-corrected chi connectivity index (χ4v) is 3.24. The molecule has 1 N–H and O–H groups in total. The van der Waals surface area contributed by atoms with Gasteiger partial charge in [-0.25, -0.2) is 0 Å². The molecule has 1 fully saturated rings. The van der Waals surface area contributed by atoms with Gasteiger partial charge in [-0.2, -0.15) is 0 Å². The number of anilines is 1. The van der Waals surface area contributed by atoms with Crippen molar-refractivity contribution in [2.75, 3.05) is 37.6 Å². The summed E-state index contributed by atoms with van der Waals surface area (Å²) in [7, 11) is 0. The maximum Gasteiger partial charge on any atom is 0.251 e. The minimum absolute atomic E-state index is 0.0288. The maximum atomic E-state index is 12.4. The minimum Gasteiger partial charge on any atom is -0.368 e. The van der Waals surface area contributed by atoms with E-state index in [-0.39, 0.29) is 18.4 Å². The van der Waals surface area contributed by atoms with Crippen LogP contribution in [0.1, 0.15) is 21.5 Å². The molecule has 2 aromatic rings. The largest absolute Gasteiger partial charge is 0.368 e. The van der Waals surface area contributed by atoms with Crippen molar-refractivity contribution in [1.82, 2.24) is 15.2 Å². The van der Waals surface area contributed by atoms with E-state index in [2.05, 4.69) is 15.2 Å². The molecule has 2 heterocycles. The van der Waals surface area contributed by atoms with Crippen molar-refractivity contribution in [3.05, 3.63) is 59.4 Å². The molecule has 6 nitrogen and oxygen atoms in total. The zero-order valence-electron chi connectivity index (χ0n) is 15.2. The molecule has 1 saturated heterocycles. The van der Waals surface area contributed by atoms with Gasteiger partial charge < -0.3 is 15.1 Å². The lowest BCUT2D eigenvalue weighted by atomic mass is 10.1. The number of hydrogen-bond acceptors (Lipinski definition) is 4. The number of piperazine rings is 1. The highest BCUT2D eigenvalue weighted by Crippen LogP contribution is 2.14. The highest BCUT2D eigenvalue weighted by molar-refractivity contribution is 5.96. The molecule has 0 bridgehead atoms. The molecule has 0 aliphatic carbocycles. The smallest absolute Gasteiger partial charge is 0.251 e. The average molecular weight is 352 g/mol. The van der Waals surface area contributed by atoms with Crippen molar-refractivity contribution < 1.29 is 9.59 Å². The molecule has 0 unspecified atom stereocenters. The van der Waals surface area contributed by atoms with Gasteiger partial charge in [-0.1, -0.05) is 17.2 Å². The van der Waals surface area contributed by atoms with Gasteiger partial charge in [0.15, 0.2) is 0 Å². The second kappa shape index (κ2) is 7.99. The third kappa shape index (κ3) is 4.39. The summed E-state index contributed by atoms with van der Waals surface area (Å²) < 4.78 is 0. The molecule has 3 rings (SSSR count). The van der Waals surface area contributed by atoms with E-state index in [0.717, 1.165) is 29.9 Å². The Labute approximate surface area is 153 Å². The van der Waals surface area contributed by atoms with Gasteiger partial charge in [-0.05, 0) is 38.1 Å². The van der Waals surface area contributed by atoms with Crippen LogP contribution in [0.15, 0.2) is 42.7 Å². The molecule has 0 spiro atoms. The Hall–Kier alpha value is -2.89. The number of carbonyl (C=O) groups excluding carboxylic acids is 2. The fraction of sp³-hybridized carbons (Fsp3) is 0.350. The Morgan fingerprint density at radius 1 is 1.00 bits per heavy atom. The number of amides is 2. The summed E-state index contributed by atoms with van der Waals surface area (Å²) in [6.45, 7) is 6.80. The van der Waals surface area contributed by atoms with Crippen molar-refractivity contribution in [1.29, 1.82) is 0 Å². The third-order valence-electron chi connectivity index (χ3n) is 4.54. The third-order valence-corrected chi connectivity index (χ3v) is 4.54. The van der Waals surface area contributed by atoms with Gasteiger partial charge in [0.2, 0.25) is 5.91 Å². The number of pyridine rings is 1. The highest BCUT2D eigenvalue weighted by atomic mass is 16.2. The van der Waals surface area contributed by atoms with Gasteiger partial charge in [0, 0.05) is 49.8 Å². The molecule has 0 atom stereocenters. The molecule has 1 aliphatic heterocycles. The second-order valence-electron chi connectivity index (χ2n) is 6.63. The van der Waals surface area contributed by atoms with Crippen molar-refractivity contribution in [3.8, 4) is 0 Å². The van der Waals surface area contributed by atoms with Crippen molar-refractivity contribution in [3.63, 3.8) is 0 Å². The van der Waals surface area contributed by atoms with E-state index in [0.29, 0.717) is 18.7 Å². The first kappa shape index (κ1) is 17.9. The molecule has 6 heteroatoms. The van der Waals surface area contributed by atoms with Crippen LogP contribution in [0, 0.1) is 13.8 Å². The molecule has 0 saturated carbocycles. The van der Waals surface area contributed by atoms with Crippen LogP contribution in [0.5, 0.6) is 0 Å². The van der Waals surface area contributed by atoms with E-state index in [1.165, 1.54) is 0 Å². The van der Waals surface area contributed by atoms with Crippen LogP contribution >= 0.6 is 0 Å². The fourth-order valence-electron chi connectivity index (χ4n) is 3.24. The van der Waals surface area contributed by atoms with E-state index in [1.807, 2.05) is 44.2 Å². The van der Waals surface area contributed by atoms with Crippen LogP contribution in [0.25, 0.3) is 0 Å². The summed E-state index contributed by atoms with van der Waals surface area (Å²) in [5.74, 6) is -0.252. The van der Waals surface area contributed by atoms with E-state index in [4.69, 9.17) is 0 Å². The van der Waals surface area contributed by atoms with Crippen LogP contribution < -0.4 is 10.2 Å². The van der Waals surface area contributed by atoms with Gasteiger partial charge >= 0.3 is 0 Å². The maximum absolute atomic E-state index is 12.4. The highest BCUT2D eigenvalue weighted by Gasteiger charge is 2.21. The van der Waals surface area contributed by atoms with E-state index in [9.17, 15) is 9.59 Å². The van der Waals surface area contributed by atoms with Gasteiger partial charge in [0.05, 0.1) is 6.54 Å². The van der Waals surface area contributed by atoms with Gasteiger partial charge in [-0.3, -0.25) is 14.6 Å². The van der Waals surface area contributed by atoms with Crippen molar-refractivity contribution in [2.24, 2.45) is 0 Å². The van der Waals surface area contributed by atoms with Crippen LogP contribution in [0.2, 0.25) is 0 Å². The number of carbonyl (C=O) groups is 2. The van der Waals surface area contributed by atoms with E-state index >= 15 is 0 Å². The molecular weight excluding hydrogens is 328 g/mol. The number of benzene rings is 1. The summed E-state index contributed by atoms with van der Waals surface area (Å²) in [6, 6.07) is 9.63. The van der Waals surface area contributed by atoms with Gasteiger partial charge in [0.25, 0.3) is 5.91 Å². The zero-order chi connectivity index (χ0) is 18.5. The molecule has 1 aromatic carbocycles. The molecule has 1 aliphatic rings. The first-order chi connectivity index (χ1) is 12.5. The average Bonchev–Trinajstić information content (AvgIpc) is 2.66. The van der Waals surface area contributed by atoms with Gasteiger partial charge in [0.1, 0.15) is 0 Å². The Balaban J connectivity index is 1.49. The number of hydrogen-bond donors (Lipinski definition) is 1. The molecular formula is C20H24N4O2. The summed E-state index contributed by atoms with van der Waals surface area (Å²) in [4.78, 5) is 32.7. The normalized spacial score (nSPS) is 14.2. The lowest BCUT2D eigenvalue weighted by molar-refractivity contribution is -0.130. The van der Waals surface area contributed by atoms with E-state index in [1.54, 1.807) is 17.3 Å². The number of aryl methyl sites for hydroxylation is 2. The van der Waals surface area contributed by atoms with Crippen LogP contribution in [0.4, 0.5) is 5.69 Å². The summed E-state index contributed by atoms with van der Waals surface area (Å²) in [5, 5.41) is 2.74. The van der Waals surface area contributed by atoms with Crippen LogP contribution in [-0.2, 0) is 4.79 Å². The van der Waals surface area contributed by atoms with Crippen molar-refractivity contribution in [2.45, 2.75) is 13.8 Å². The van der Waals surface area contributed by atoms with Crippen LogP contribution in [-0.4, -0.2) is 54.4 Å². The molecule has 136 valence electrons. The zero-order valence-corrected chi connectivity index (χ0v) is 15.2. The molecule has 26 heavy (non-hydrogen) atoms. The standard InChI is InChI=1S/C20H24N4O2/c1-15-11-16(2)13-17(12-15)20(26)22-14-19(25)24-9-7-23(8-10-24)18-3-5-21-6-4-18/h3-6,11-13H,7-10,14H2,1-2H3,(H,22,26). The lowest BCUT2D eigenvalue weighted by Crippen LogP contribution is -2.51. The second-order valence-corrected chi connectivity index (χ2v) is 6.63. The SMILES string of the molecule is Cc1cc(C)cc(C(=O)NCC(=O)N2CCN(c3ccncc3)CC2)c1. The summed E-state index contributed by atoms with van der Waals surface area (Å²) in [5.41, 5.74) is 3.79. The molecule has 2 amide bonds. The number of nitrogens with one attached hydrogen (secondary N) is 1. The number of aromatic nitrogens is 1. The number of nitrogens with zero attached hydrogens (tertiary/aromatic N) is 3. The number of rotatable bonds is 4. The van der Waals surface area contributed by atoms with Crippen LogP contribution in [0.3, 0.4) is 0 Å². The Morgan fingerprint density at radius 3 is 2.23 bits per heavy atom. The quantitative estimate of drug-likeness (QED) is 0.911. The first-order valence-corrected chi connectivity index (χ1v) is 8.82. The van der Waals surface area contributed by atoms with Crippen molar-refractivity contribution >= 4 is 17.5 Å². The lowest BCUT2D eigenvalue weighted by Gasteiger charge is -2.36. The Bertz CT molecular complexity index is 763.